The van der Waals surface area contributed by atoms with Gasteiger partial charge in [-0.2, -0.15) is 0 Å². The van der Waals surface area contributed by atoms with Gasteiger partial charge in [-0.3, -0.25) is 0 Å². The highest BCUT2D eigenvalue weighted by atomic mass is 31.2. The van der Waals surface area contributed by atoms with Gasteiger partial charge in [0.1, 0.15) is 34.5 Å². The molecule has 0 atom stereocenters. The van der Waals surface area contributed by atoms with E-state index in [-0.39, 0.29) is 43.3 Å². The maximum atomic E-state index is 7.62. The molecule has 0 spiro atoms. The second kappa shape index (κ2) is 20.9. The third-order valence-electron chi connectivity index (χ3n) is 15.2. The number of benzene rings is 6. The molecule has 0 bridgehead atoms. The first-order valence-corrected chi connectivity index (χ1v) is 30.7. The summed E-state index contributed by atoms with van der Waals surface area (Å²) in [5.41, 5.74) is 10.2. The second-order valence-corrected chi connectivity index (χ2v) is 33.6. The zero-order chi connectivity index (χ0) is 58.3. The summed E-state index contributed by atoms with van der Waals surface area (Å²) in [7, 11) is -3.79. The smallest absolute Gasteiger partial charge is 0.330 e. The fraction of sp³-hybridized carbons (Fsp3) is 0.493. The van der Waals surface area contributed by atoms with Crippen LogP contribution >= 0.6 is 16.8 Å². The minimum Gasteiger partial charge on any atom is -0.455 e. The summed E-state index contributed by atoms with van der Waals surface area (Å²) in [6.07, 6.45) is 0. The molecule has 0 N–H and O–H groups in total. The van der Waals surface area contributed by atoms with E-state index < -0.39 is 22.2 Å². The van der Waals surface area contributed by atoms with Gasteiger partial charge < -0.3 is 22.8 Å². The molecule has 0 saturated carbocycles. The fourth-order valence-electron chi connectivity index (χ4n) is 9.47. The van der Waals surface area contributed by atoms with Crippen molar-refractivity contribution in [2.24, 2.45) is 0 Å². The highest BCUT2D eigenvalue weighted by molar-refractivity contribution is 7.57. The van der Waals surface area contributed by atoms with E-state index in [0.29, 0.717) is 0 Å². The minimum absolute atomic E-state index is 0.127. The van der Waals surface area contributed by atoms with E-state index in [9.17, 15) is 0 Å². The van der Waals surface area contributed by atoms with Crippen LogP contribution in [-0.2, 0) is 48.7 Å². The Hall–Kier alpha value is -4.82. The van der Waals surface area contributed by atoms with Crippen molar-refractivity contribution in [3.8, 4) is 34.5 Å². The Morgan fingerprint density at radius 2 is 0.487 bits per heavy atom. The van der Waals surface area contributed by atoms with Crippen molar-refractivity contribution in [2.45, 2.75) is 229 Å². The molecule has 0 aliphatic carbocycles. The van der Waals surface area contributed by atoms with Crippen LogP contribution in [0.15, 0.2) is 109 Å². The van der Waals surface area contributed by atoms with E-state index in [2.05, 4.69) is 289 Å². The van der Waals surface area contributed by atoms with Crippen molar-refractivity contribution >= 4 is 27.4 Å². The second-order valence-electron chi connectivity index (χ2n) is 30.9. The van der Waals surface area contributed by atoms with Crippen molar-refractivity contribution in [1.29, 1.82) is 0 Å². The number of hydrogen-bond acceptors (Lipinski definition) is 5. The lowest BCUT2D eigenvalue weighted by Crippen LogP contribution is -2.31. The lowest BCUT2D eigenvalue weighted by molar-refractivity contribution is 0.420. The summed E-state index contributed by atoms with van der Waals surface area (Å²) in [4.78, 5) is 0. The summed E-state index contributed by atoms with van der Waals surface area (Å²) in [6.45, 7) is 58.9. The largest absolute Gasteiger partial charge is 0.455 e. The van der Waals surface area contributed by atoms with Crippen LogP contribution in [0.1, 0.15) is 236 Å². The number of fused-ring (bicyclic) bond motifs is 2. The average Bonchev–Trinajstić information content (AvgIpc) is 3.37. The lowest BCUT2D eigenvalue weighted by Gasteiger charge is -2.37. The van der Waals surface area contributed by atoms with Crippen LogP contribution in [0.2, 0.25) is 0 Å². The normalized spacial score (nSPS) is 14.5. The first-order chi connectivity index (χ1) is 35.4. The van der Waals surface area contributed by atoms with E-state index in [0.717, 1.165) is 56.2 Å². The molecule has 7 rings (SSSR count). The quantitative estimate of drug-likeness (QED) is 0.128. The predicted molar refractivity (Wildman–Crippen MR) is 336 cm³/mol. The van der Waals surface area contributed by atoms with Gasteiger partial charge in [0, 0.05) is 16.5 Å². The topological polar surface area (TPSA) is 46.2 Å². The highest BCUT2D eigenvalue weighted by Gasteiger charge is 2.42. The molecule has 0 aromatic heterocycles. The summed E-state index contributed by atoms with van der Waals surface area (Å²) >= 11 is 0. The monoisotopic (exact) mass is 1090 g/mol. The molecule has 0 radical (unpaired) electrons. The van der Waals surface area contributed by atoms with Gasteiger partial charge >= 0.3 is 16.8 Å². The fourth-order valence-corrected chi connectivity index (χ4v) is 12.2. The van der Waals surface area contributed by atoms with Gasteiger partial charge in [0.25, 0.3) is 0 Å². The van der Waals surface area contributed by atoms with Gasteiger partial charge in [0.2, 0.25) is 0 Å². The maximum absolute atomic E-state index is 7.62. The lowest BCUT2D eigenvalue weighted by atomic mass is 9.76. The van der Waals surface area contributed by atoms with Crippen LogP contribution in [0.5, 0.6) is 34.5 Å². The van der Waals surface area contributed by atoms with E-state index in [1.165, 1.54) is 44.5 Å². The van der Waals surface area contributed by atoms with Gasteiger partial charge in [-0.15, -0.1) is 0 Å². The molecule has 0 fully saturated rings. The average molecular weight is 1090 g/mol. The van der Waals surface area contributed by atoms with Crippen LogP contribution < -0.4 is 33.4 Å². The van der Waals surface area contributed by atoms with Crippen molar-refractivity contribution in [1.82, 2.24) is 0 Å². The SMILES string of the molecule is CC(C)(C)c1cc(OP(Oc2cc(C(C)(C)C)cc(C(C)(C)C)c2)c2cccc3c2Oc2c(P(Oc4cc(C(C)(C)C)cc(C(C)(C)C)c4)Oc4cc(C(C)(C)C)cc(C(C)(C)C)c4)cccc2C3(C)C)cc(C(C)(C)C)c1. The maximum Gasteiger partial charge on any atom is 0.330 e. The molecular weight excluding hydrogens is 995 g/mol. The highest BCUT2D eigenvalue weighted by Crippen LogP contribution is 2.55. The first kappa shape index (κ1) is 60.8. The van der Waals surface area contributed by atoms with Gasteiger partial charge in [0.05, 0.1) is 10.6 Å². The van der Waals surface area contributed by atoms with Crippen LogP contribution in [0.25, 0.3) is 0 Å². The Morgan fingerprint density at radius 3 is 0.667 bits per heavy atom. The number of ether oxygens (including phenoxy) is 1. The summed E-state index contributed by atoms with van der Waals surface area (Å²) in [5.74, 6) is 4.51. The van der Waals surface area contributed by atoms with E-state index in [4.69, 9.17) is 22.8 Å². The van der Waals surface area contributed by atoms with E-state index >= 15 is 0 Å². The van der Waals surface area contributed by atoms with Gasteiger partial charge in [-0.1, -0.05) is 229 Å². The van der Waals surface area contributed by atoms with E-state index in [1.54, 1.807) is 0 Å². The first-order valence-electron chi connectivity index (χ1n) is 28.3. The Morgan fingerprint density at radius 1 is 0.295 bits per heavy atom. The standard InChI is InChI=1S/C71H96O5P2/c1-63(2,3)45-33-46(64(4,5)6)38-53(37-45)73-77(74-54-39-47(65(7,8)9)34-48(40-54)66(10,11)12)59-31-27-29-57-61(59)72-62-58(71(57,25)26)30-28-32-60(62)78(75-55-41-49(67(13,14)15)35-50(42-55)68(16,17)18)76-56-43-51(69(19,20)21)36-52(44-56)70(22,23)24/h27-44H,1-26H3. The zero-order valence-corrected chi connectivity index (χ0v) is 54.6. The molecule has 7 heteroatoms. The number of para-hydroxylation sites is 2. The molecule has 1 aliphatic rings. The molecular formula is C71H96O5P2. The molecule has 6 aromatic rings. The predicted octanol–water partition coefficient (Wildman–Crippen LogP) is 20.7. The molecule has 420 valence electrons. The van der Waals surface area contributed by atoms with Gasteiger partial charge in [0.15, 0.2) is 0 Å². The van der Waals surface area contributed by atoms with Crippen molar-refractivity contribution < 1.29 is 22.8 Å². The Balaban J connectivity index is 1.48. The van der Waals surface area contributed by atoms with E-state index in [1.807, 2.05) is 0 Å². The molecule has 0 unspecified atom stereocenters. The van der Waals surface area contributed by atoms with Crippen LogP contribution in [0, 0.1) is 0 Å². The minimum atomic E-state index is -1.89. The Bertz CT molecular complexity index is 2660. The van der Waals surface area contributed by atoms with Gasteiger partial charge in [-0.05, 0) is 148 Å². The molecule has 1 heterocycles. The van der Waals surface area contributed by atoms with Crippen molar-refractivity contribution in [3.05, 3.63) is 165 Å². The summed E-state index contributed by atoms with van der Waals surface area (Å²) in [6, 6.07) is 39.9. The molecule has 1 aliphatic heterocycles. The van der Waals surface area contributed by atoms with Gasteiger partial charge in [-0.25, -0.2) is 0 Å². The van der Waals surface area contributed by atoms with Crippen LogP contribution in [0.3, 0.4) is 0 Å². The number of hydrogen-bond donors (Lipinski definition) is 0. The third kappa shape index (κ3) is 13.8. The van der Waals surface area contributed by atoms with Crippen molar-refractivity contribution in [3.63, 3.8) is 0 Å². The zero-order valence-electron chi connectivity index (χ0n) is 52.8. The molecule has 0 amide bonds. The third-order valence-corrected chi connectivity index (χ3v) is 18.2. The molecule has 5 nitrogen and oxygen atoms in total. The summed E-state index contributed by atoms with van der Waals surface area (Å²) < 4.78 is 37.5. The summed E-state index contributed by atoms with van der Waals surface area (Å²) in [5, 5.41) is 1.69. The van der Waals surface area contributed by atoms with Crippen molar-refractivity contribution in [2.75, 3.05) is 0 Å². The molecule has 6 aromatic carbocycles. The molecule has 78 heavy (non-hydrogen) atoms. The van der Waals surface area contributed by atoms with Crippen LogP contribution in [0.4, 0.5) is 0 Å². The molecule has 0 saturated heterocycles. The Kier molecular flexibility index (Phi) is 16.3. The Labute approximate surface area is 475 Å². The van der Waals surface area contributed by atoms with Crippen LogP contribution in [-0.4, -0.2) is 0 Å². The number of rotatable bonds is 10.